The van der Waals surface area contributed by atoms with E-state index in [1.54, 1.807) is 6.92 Å². The average Bonchev–Trinajstić information content (AvgIpc) is 2.54. The maximum absolute atomic E-state index is 12.7. The Bertz CT molecular complexity index is 658. The zero-order chi connectivity index (χ0) is 16.0. The van der Waals surface area contributed by atoms with E-state index in [-0.39, 0.29) is 24.3 Å². The number of piperidine rings is 1. The molecular formula is C18H21NO4. The number of nitrogens with one attached hydrogen (secondary N) is 1. The molecule has 2 bridgehead atoms. The van der Waals surface area contributed by atoms with Crippen LogP contribution in [0.2, 0.25) is 0 Å². The second-order valence-corrected chi connectivity index (χ2v) is 6.63. The van der Waals surface area contributed by atoms with Crippen LogP contribution in [0.15, 0.2) is 24.3 Å². The number of rotatable bonds is 2. The fourth-order valence-corrected chi connectivity index (χ4v) is 4.56. The molecule has 2 fully saturated rings. The molecule has 0 spiro atoms. The highest BCUT2D eigenvalue weighted by atomic mass is 16.5. The van der Waals surface area contributed by atoms with Gasteiger partial charge in [-0.15, -0.1) is 0 Å². The summed E-state index contributed by atoms with van der Waals surface area (Å²) in [7, 11) is 0. The second kappa shape index (κ2) is 5.25. The Morgan fingerprint density at radius 2 is 2.22 bits per heavy atom. The summed E-state index contributed by atoms with van der Waals surface area (Å²) >= 11 is 0. The fourth-order valence-electron chi connectivity index (χ4n) is 4.56. The van der Waals surface area contributed by atoms with E-state index in [2.05, 4.69) is 5.32 Å². The van der Waals surface area contributed by atoms with Crippen LogP contribution >= 0.6 is 0 Å². The Kier molecular flexibility index (Phi) is 3.32. The lowest BCUT2D eigenvalue weighted by atomic mass is 9.62. The van der Waals surface area contributed by atoms with Gasteiger partial charge >= 0.3 is 5.97 Å². The maximum atomic E-state index is 12.7. The largest absolute Gasteiger partial charge is 0.467 e. The number of hydrogen-bond donors (Lipinski definition) is 1. The Labute approximate surface area is 135 Å². The number of benzene rings is 1. The number of carbonyl (C=O) groups excluding carboxylic acids is 2. The molecule has 0 radical (unpaired) electrons. The minimum Gasteiger partial charge on any atom is -0.467 e. The molecule has 0 aromatic heterocycles. The molecule has 5 nitrogen and oxygen atoms in total. The van der Waals surface area contributed by atoms with Gasteiger partial charge in [0.25, 0.3) is 0 Å². The first kappa shape index (κ1) is 14.5. The first-order valence-electron chi connectivity index (χ1n) is 8.43. The summed E-state index contributed by atoms with van der Waals surface area (Å²) in [6.07, 6.45) is 3.87. The minimum atomic E-state index is -0.781. The summed E-state index contributed by atoms with van der Waals surface area (Å²) in [5, 5.41) is 3.03. The molecule has 1 amide bonds. The SMILES string of the molecule is CCOC(=O)[C@@H]1C(=O)N[C@]23CCCC[C@H]2[C@H]1c1ccccc1O3. The van der Waals surface area contributed by atoms with Gasteiger partial charge in [0.1, 0.15) is 11.7 Å². The molecule has 1 aliphatic carbocycles. The highest BCUT2D eigenvalue weighted by Gasteiger charge is 2.61. The molecule has 23 heavy (non-hydrogen) atoms. The van der Waals surface area contributed by atoms with Gasteiger partial charge in [-0.2, -0.15) is 0 Å². The van der Waals surface area contributed by atoms with Crippen molar-refractivity contribution in [2.24, 2.45) is 11.8 Å². The van der Waals surface area contributed by atoms with Crippen LogP contribution in [0.5, 0.6) is 5.75 Å². The normalized spacial score (nSPS) is 34.5. The summed E-state index contributed by atoms with van der Waals surface area (Å²) < 4.78 is 11.5. The zero-order valence-electron chi connectivity index (χ0n) is 13.2. The summed E-state index contributed by atoms with van der Waals surface area (Å²) in [6, 6.07) is 7.76. The van der Waals surface area contributed by atoms with Crippen LogP contribution in [0.1, 0.15) is 44.1 Å². The third-order valence-electron chi connectivity index (χ3n) is 5.43. The molecule has 1 aromatic carbocycles. The summed E-state index contributed by atoms with van der Waals surface area (Å²) in [4.78, 5) is 25.2. The zero-order valence-corrected chi connectivity index (χ0v) is 13.2. The van der Waals surface area contributed by atoms with E-state index < -0.39 is 17.6 Å². The van der Waals surface area contributed by atoms with E-state index in [9.17, 15) is 9.59 Å². The van der Waals surface area contributed by atoms with Crippen LogP contribution in [-0.4, -0.2) is 24.2 Å². The molecule has 4 rings (SSSR count). The maximum Gasteiger partial charge on any atom is 0.319 e. The molecule has 2 aliphatic heterocycles. The summed E-state index contributed by atoms with van der Waals surface area (Å²) in [5.74, 6) is -0.723. The van der Waals surface area contributed by atoms with Crippen molar-refractivity contribution < 1.29 is 19.1 Å². The van der Waals surface area contributed by atoms with Gasteiger partial charge in [0.2, 0.25) is 5.91 Å². The van der Waals surface area contributed by atoms with Crippen LogP contribution in [0, 0.1) is 11.8 Å². The topological polar surface area (TPSA) is 64.6 Å². The van der Waals surface area contributed by atoms with E-state index in [0.717, 1.165) is 37.0 Å². The van der Waals surface area contributed by atoms with Gasteiger partial charge in [-0.25, -0.2) is 0 Å². The van der Waals surface area contributed by atoms with Gasteiger partial charge in [0, 0.05) is 18.3 Å². The predicted molar refractivity (Wildman–Crippen MR) is 82.8 cm³/mol. The molecule has 1 N–H and O–H groups in total. The molecule has 2 heterocycles. The van der Waals surface area contributed by atoms with Gasteiger partial charge in [0.05, 0.1) is 6.61 Å². The molecule has 1 saturated heterocycles. The van der Waals surface area contributed by atoms with Gasteiger partial charge < -0.3 is 14.8 Å². The van der Waals surface area contributed by atoms with Gasteiger partial charge in [-0.3, -0.25) is 9.59 Å². The number of esters is 1. The van der Waals surface area contributed by atoms with Gasteiger partial charge in [-0.05, 0) is 31.4 Å². The molecular weight excluding hydrogens is 294 g/mol. The summed E-state index contributed by atoms with van der Waals surface area (Å²) in [5.41, 5.74) is 0.306. The van der Waals surface area contributed by atoms with Crippen molar-refractivity contribution in [3.63, 3.8) is 0 Å². The molecule has 5 heteroatoms. The van der Waals surface area contributed by atoms with E-state index in [1.807, 2.05) is 24.3 Å². The number of fused-ring (bicyclic) bond motifs is 2. The van der Waals surface area contributed by atoms with Crippen molar-refractivity contribution in [2.45, 2.75) is 44.2 Å². The molecule has 1 saturated carbocycles. The van der Waals surface area contributed by atoms with E-state index >= 15 is 0 Å². The van der Waals surface area contributed by atoms with Gasteiger partial charge in [-0.1, -0.05) is 24.6 Å². The molecule has 3 aliphatic rings. The lowest BCUT2D eigenvalue weighted by Gasteiger charge is -2.55. The van der Waals surface area contributed by atoms with Crippen LogP contribution in [0.3, 0.4) is 0 Å². The molecule has 4 atom stereocenters. The van der Waals surface area contributed by atoms with Gasteiger partial charge in [0.15, 0.2) is 5.72 Å². The first-order valence-corrected chi connectivity index (χ1v) is 8.43. The van der Waals surface area contributed by atoms with Crippen molar-refractivity contribution in [1.29, 1.82) is 0 Å². The molecule has 1 aromatic rings. The Morgan fingerprint density at radius 1 is 1.39 bits per heavy atom. The molecule has 122 valence electrons. The molecule has 0 unspecified atom stereocenters. The van der Waals surface area contributed by atoms with Crippen molar-refractivity contribution in [1.82, 2.24) is 5.32 Å². The van der Waals surface area contributed by atoms with Crippen LogP contribution in [0.4, 0.5) is 0 Å². The number of para-hydroxylation sites is 1. The highest BCUT2D eigenvalue weighted by Crippen LogP contribution is 2.55. The predicted octanol–water partition coefficient (Wildman–Crippen LogP) is 2.36. The second-order valence-electron chi connectivity index (χ2n) is 6.63. The lowest BCUT2D eigenvalue weighted by Crippen LogP contribution is -2.69. The van der Waals surface area contributed by atoms with E-state index in [0.29, 0.717) is 0 Å². The van der Waals surface area contributed by atoms with Crippen molar-refractivity contribution in [2.75, 3.05) is 6.61 Å². The van der Waals surface area contributed by atoms with E-state index in [4.69, 9.17) is 9.47 Å². The monoisotopic (exact) mass is 315 g/mol. The Morgan fingerprint density at radius 3 is 3.04 bits per heavy atom. The summed E-state index contributed by atoms with van der Waals surface area (Å²) in [6.45, 7) is 2.05. The first-order chi connectivity index (χ1) is 11.2. The quantitative estimate of drug-likeness (QED) is 0.672. The third kappa shape index (κ3) is 2.06. The average molecular weight is 315 g/mol. The number of amides is 1. The van der Waals surface area contributed by atoms with E-state index in [1.165, 1.54) is 0 Å². The standard InChI is InChI=1S/C18H21NO4/c1-2-22-17(21)15-14-11-7-3-4-9-13(11)23-18(19-16(15)20)10-6-5-8-12(14)18/h3-4,7,9,12,14-15H,2,5-6,8,10H2,1H3,(H,19,20)/t12-,14+,15-,18-/m0/s1. The number of hydrogen-bond acceptors (Lipinski definition) is 4. The smallest absolute Gasteiger partial charge is 0.319 e. The van der Waals surface area contributed by atoms with Crippen LogP contribution in [0.25, 0.3) is 0 Å². The minimum absolute atomic E-state index is 0.123. The van der Waals surface area contributed by atoms with Crippen LogP contribution < -0.4 is 10.1 Å². The number of ether oxygens (including phenoxy) is 2. The van der Waals surface area contributed by atoms with Crippen molar-refractivity contribution in [3.05, 3.63) is 29.8 Å². The third-order valence-corrected chi connectivity index (χ3v) is 5.43. The Hall–Kier alpha value is -2.04. The lowest BCUT2D eigenvalue weighted by molar-refractivity contribution is -0.171. The van der Waals surface area contributed by atoms with Crippen molar-refractivity contribution in [3.8, 4) is 5.75 Å². The van der Waals surface area contributed by atoms with Crippen molar-refractivity contribution >= 4 is 11.9 Å². The fraction of sp³-hybridized carbons (Fsp3) is 0.556. The number of carbonyl (C=O) groups is 2. The Balaban J connectivity index is 1.85. The highest BCUT2D eigenvalue weighted by molar-refractivity contribution is 6.00. The van der Waals surface area contributed by atoms with Crippen LogP contribution in [-0.2, 0) is 14.3 Å².